The molecule has 0 amide bonds. The first-order valence-corrected chi connectivity index (χ1v) is 11.9. The van der Waals surface area contributed by atoms with Crippen LogP contribution in [0.3, 0.4) is 0 Å². The lowest BCUT2D eigenvalue weighted by Gasteiger charge is -2.21. The molecule has 0 aromatic carbocycles. The van der Waals surface area contributed by atoms with E-state index >= 15 is 0 Å². The van der Waals surface area contributed by atoms with Crippen molar-refractivity contribution >= 4 is 7.82 Å². The van der Waals surface area contributed by atoms with Crippen molar-refractivity contribution in [3.05, 3.63) is 66.2 Å². The Kier molecular flexibility index (Phi) is 7.35. The van der Waals surface area contributed by atoms with Crippen molar-refractivity contribution in [2.75, 3.05) is 13.2 Å². The number of phosphoric acid groups is 1. The fourth-order valence-corrected chi connectivity index (χ4v) is 4.82. The molecule has 4 heterocycles. The maximum Gasteiger partial charge on any atom is 0.472 e. The third-order valence-electron chi connectivity index (χ3n) is 5.56. The van der Waals surface area contributed by atoms with Crippen molar-refractivity contribution in [3.8, 4) is 0 Å². The summed E-state index contributed by atoms with van der Waals surface area (Å²) < 4.78 is 35.8. The first-order valence-electron chi connectivity index (χ1n) is 10.4. The van der Waals surface area contributed by atoms with Gasteiger partial charge in [-0.25, -0.2) is 14.2 Å². The first-order chi connectivity index (χ1) is 16.6. The van der Waals surface area contributed by atoms with Crippen LogP contribution in [0.25, 0.3) is 0 Å². The van der Waals surface area contributed by atoms with Crippen molar-refractivity contribution in [1.82, 2.24) is 19.1 Å². The number of aliphatic hydroxyl groups is 2. The van der Waals surface area contributed by atoms with Crippen LogP contribution in [0.4, 0.5) is 0 Å². The molecule has 0 spiro atoms. The van der Waals surface area contributed by atoms with Crippen LogP contribution < -0.4 is 22.5 Å². The molecule has 2 saturated heterocycles. The molecular formula is C18H23N4O12P. The quantitative estimate of drug-likeness (QED) is 0.229. The molecule has 4 rings (SSSR count). The molecule has 0 saturated carbocycles. The minimum Gasteiger partial charge on any atom is -0.394 e. The van der Waals surface area contributed by atoms with Gasteiger partial charge in [-0.15, -0.1) is 0 Å². The second-order valence-corrected chi connectivity index (χ2v) is 9.33. The van der Waals surface area contributed by atoms with Crippen molar-refractivity contribution in [2.45, 2.75) is 49.7 Å². The number of phosphoric ester groups is 1. The summed E-state index contributed by atoms with van der Waals surface area (Å²) in [4.78, 5) is 60.6. The van der Waals surface area contributed by atoms with E-state index in [0.29, 0.717) is 0 Å². The number of nitrogens with zero attached hydrogens (tertiary/aromatic N) is 2. The molecule has 1 unspecified atom stereocenters. The summed E-state index contributed by atoms with van der Waals surface area (Å²) in [5, 5.41) is 19.8. The lowest BCUT2D eigenvalue weighted by molar-refractivity contribution is -0.0575. The van der Waals surface area contributed by atoms with Gasteiger partial charge in [0.2, 0.25) is 0 Å². The van der Waals surface area contributed by atoms with Crippen molar-refractivity contribution in [2.24, 2.45) is 0 Å². The minimum absolute atomic E-state index is 0.0464. The van der Waals surface area contributed by atoms with E-state index in [1.165, 1.54) is 12.4 Å². The van der Waals surface area contributed by atoms with Gasteiger partial charge >= 0.3 is 19.2 Å². The zero-order valence-electron chi connectivity index (χ0n) is 18.0. The molecule has 2 aliphatic heterocycles. The average molecular weight is 518 g/mol. The van der Waals surface area contributed by atoms with E-state index in [2.05, 4.69) is 9.97 Å². The number of ether oxygens (including phenoxy) is 2. The molecule has 5 N–H and O–H groups in total. The maximum absolute atomic E-state index is 12.5. The molecule has 16 nitrogen and oxygen atoms in total. The van der Waals surface area contributed by atoms with Gasteiger partial charge in [-0.2, -0.15) is 0 Å². The standard InChI is InChI=1S/C18H23N4O12P/c23-7-11-10(6-16(32-11)22-4-2-14(26)20-18(22)28)34-35(29,30)31-8-12-9(24)5-15(33-12)21-3-1-13(25)19-17(21)27/h1-4,9-12,15-16,23-24H,5-8H2,(H,29,30)(H,19,25,27)(H,20,26,28)/t9-,10-,11+,12+,15+,16+/m0/s1. The summed E-state index contributed by atoms with van der Waals surface area (Å²) in [6.45, 7) is -1.18. The summed E-state index contributed by atoms with van der Waals surface area (Å²) in [7, 11) is -4.76. The van der Waals surface area contributed by atoms with Crippen LogP contribution in [-0.4, -0.2) is 71.8 Å². The van der Waals surface area contributed by atoms with Gasteiger partial charge in [0.15, 0.2) is 0 Å². The Labute approximate surface area is 194 Å². The molecule has 17 heteroatoms. The van der Waals surface area contributed by atoms with E-state index in [9.17, 15) is 38.8 Å². The first kappa shape index (κ1) is 25.4. The summed E-state index contributed by atoms with van der Waals surface area (Å²) in [5.74, 6) is 0. The SMILES string of the molecule is O=c1ccn([C@H]2C[C@H](OP(=O)(O)OC[C@H]3O[C@@H](n4ccc(=O)[nH]c4=O)C[C@@H]3O)[C@@H](CO)O2)c(=O)[nH]1. The normalized spacial score (nSPS) is 30.4. The summed E-state index contributed by atoms with van der Waals surface area (Å²) in [5.41, 5.74) is -2.74. The van der Waals surface area contributed by atoms with Crippen molar-refractivity contribution in [3.63, 3.8) is 0 Å². The molecule has 7 atom stereocenters. The van der Waals surface area contributed by atoms with Crippen molar-refractivity contribution in [1.29, 1.82) is 0 Å². The van der Waals surface area contributed by atoms with E-state index < -0.39 is 80.4 Å². The molecule has 0 radical (unpaired) electrons. The van der Waals surface area contributed by atoms with Gasteiger partial charge in [0.05, 0.1) is 19.3 Å². The van der Waals surface area contributed by atoms with Gasteiger partial charge in [-0.3, -0.25) is 37.7 Å². The summed E-state index contributed by atoms with van der Waals surface area (Å²) in [6, 6.07) is 2.20. The van der Waals surface area contributed by atoms with Gasteiger partial charge < -0.3 is 24.6 Å². The zero-order chi connectivity index (χ0) is 25.3. The lowest BCUT2D eigenvalue weighted by atomic mass is 10.2. The van der Waals surface area contributed by atoms with Crippen LogP contribution in [-0.2, 0) is 23.1 Å². The highest BCUT2D eigenvalue weighted by Crippen LogP contribution is 2.48. The van der Waals surface area contributed by atoms with Crippen LogP contribution >= 0.6 is 7.82 Å². The topological polar surface area (TPSA) is 224 Å². The monoisotopic (exact) mass is 518 g/mol. The maximum atomic E-state index is 12.5. The molecule has 2 aromatic rings. The summed E-state index contributed by atoms with van der Waals surface area (Å²) >= 11 is 0. The Bertz CT molecular complexity index is 1330. The highest BCUT2D eigenvalue weighted by atomic mass is 31.2. The molecule has 2 fully saturated rings. The predicted molar refractivity (Wildman–Crippen MR) is 113 cm³/mol. The van der Waals surface area contributed by atoms with E-state index in [-0.39, 0.29) is 12.8 Å². The number of aromatic amines is 2. The van der Waals surface area contributed by atoms with Gasteiger partial charge in [-0.1, -0.05) is 0 Å². The molecule has 35 heavy (non-hydrogen) atoms. The Balaban J connectivity index is 1.37. The van der Waals surface area contributed by atoms with E-state index in [1.807, 2.05) is 0 Å². The fourth-order valence-electron chi connectivity index (χ4n) is 3.86. The molecule has 0 aliphatic carbocycles. The Morgan fingerprint density at radius 1 is 0.971 bits per heavy atom. The number of nitrogens with one attached hydrogen (secondary N) is 2. The van der Waals surface area contributed by atoms with Crippen LogP contribution in [0.1, 0.15) is 25.3 Å². The average Bonchev–Trinajstić information content (AvgIpc) is 3.34. The molecule has 0 bridgehead atoms. The van der Waals surface area contributed by atoms with Crippen LogP contribution in [0.15, 0.2) is 43.7 Å². The van der Waals surface area contributed by atoms with Crippen LogP contribution in [0.5, 0.6) is 0 Å². The lowest BCUT2D eigenvalue weighted by Crippen LogP contribution is -2.32. The third-order valence-corrected chi connectivity index (χ3v) is 6.57. The number of hydrogen-bond acceptors (Lipinski definition) is 11. The van der Waals surface area contributed by atoms with E-state index in [1.54, 1.807) is 0 Å². The zero-order valence-corrected chi connectivity index (χ0v) is 18.9. The Morgan fingerprint density at radius 3 is 2.06 bits per heavy atom. The van der Waals surface area contributed by atoms with Gasteiger partial charge in [0.25, 0.3) is 11.1 Å². The number of aromatic nitrogens is 4. The molecular weight excluding hydrogens is 495 g/mol. The number of rotatable bonds is 8. The van der Waals surface area contributed by atoms with Crippen LogP contribution in [0.2, 0.25) is 0 Å². The Morgan fingerprint density at radius 2 is 1.51 bits per heavy atom. The Hall–Kier alpha value is -2.69. The number of hydrogen-bond donors (Lipinski definition) is 5. The van der Waals surface area contributed by atoms with Gasteiger partial charge in [0.1, 0.15) is 30.8 Å². The third kappa shape index (κ3) is 5.76. The fraction of sp³-hybridized carbons (Fsp3) is 0.556. The largest absolute Gasteiger partial charge is 0.472 e. The van der Waals surface area contributed by atoms with E-state index in [4.69, 9.17) is 18.5 Å². The molecule has 2 aliphatic rings. The second-order valence-electron chi connectivity index (χ2n) is 7.92. The minimum atomic E-state index is -4.76. The highest BCUT2D eigenvalue weighted by molar-refractivity contribution is 7.47. The number of aliphatic hydroxyl groups excluding tert-OH is 2. The smallest absolute Gasteiger partial charge is 0.394 e. The predicted octanol–water partition coefficient (Wildman–Crippen LogP) is -2.48. The van der Waals surface area contributed by atoms with Crippen LogP contribution in [0, 0.1) is 0 Å². The second kappa shape index (κ2) is 10.1. The highest BCUT2D eigenvalue weighted by Gasteiger charge is 2.43. The molecule has 192 valence electrons. The number of H-pyrrole nitrogens is 2. The van der Waals surface area contributed by atoms with E-state index in [0.717, 1.165) is 21.3 Å². The van der Waals surface area contributed by atoms with Gasteiger partial charge in [0, 0.05) is 37.4 Å². The summed E-state index contributed by atoms with van der Waals surface area (Å²) in [6.07, 6.45) is -4.20. The van der Waals surface area contributed by atoms with Gasteiger partial charge in [-0.05, 0) is 0 Å². The van der Waals surface area contributed by atoms with Crippen molar-refractivity contribution < 1.29 is 38.2 Å². The molecule has 2 aromatic heterocycles.